The minimum Gasteiger partial charge on any atom is -0.494 e. The molecule has 0 saturated carbocycles. The van der Waals surface area contributed by atoms with Crippen molar-refractivity contribution in [1.29, 1.82) is 0 Å². The third-order valence-electron chi connectivity index (χ3n) is 4.12. The molecule has 8 heteroatoms. The standard InChI is InChI=1S/C22H20Br2N2O4/c1-2-10-29-17-5-3-4-15(12-17)22(28)26-25-20(27)13-30-19-9-6-14-11-16(23)7-8-18(14)21(19)24/h3-9,11-12H,2,10,13H2,1H3,(H,25,27)(H,26,28). The summed E-state index contributed by atoms with van der Waals surface area (Å²) in [6.07, 6.45) is 0.872. The summed E-state index contributed by atoms with van der Waals surface area (Å²) in [6, 6.07) is 16.3. The quantitative estimate of drug-likeness (QED) is 0.418. The lowest BCUT2D eigenvalue weighted by molar-refractivity contribution is -0.123. The topological polar surface area (TPSA) is 76.7 Å². The van der Waals surface area contributed by atoms with Gasteiger partial charge in [0.2, 0.25) is 0 Å². The summed E-state index contributed by atoms with van der Waals surface area (Å²) in [4.78, 5) is 24.3. The number of carbonyl (C=O) groups excluding carboxylic acids is 2. The summed E-state index contributed by atoms with van der Waals surface area (Å²) in [5, 5.41) is 2.00. The summed E-state index contributed by atoms with van der Waals surface area (Å²) in [6.45, 7) is 2.32. The van der Waals surface area contributed by atoms with E-state index in [9.17, 15) is 9.59 Å². The van der Waals surface area contributed by atoms with Gasteiger partial charge >= 0.3 is 0 Å². The van der Waals surface area contributed by atoms with Crippen LogP contribution in [0.15, 0.2) is 63.5 Å². The first kappa shape index (κ1) is 22.1. The van der Waals surface area contributed by atoms with Gasteiger partial charge in [-0.25, -0.2) is 0 Å². The van der Waals surface area contributed by atoms with Gasteiger partial charge < -0.3 is 9.47 Å². The van der Waals surface area contributed by atoms with Gasteiger partial charge in [-0.1, -0.05) is 41.1 Å². The molecule has 3 aromatic rings. The number of benzene rings is 3. The Hall–Kier alpha value is -2.58. The molecule has 30 heavy (non-hydrogen) atoms. The molecule has 3 aromatic carbocycles. The highest BCUT2D eigenvalue weighted by atomic mass is 79.9. The maximum Gasteiger partial charge on any atom is 0.276 e. The molecule has 0 aromatic heterocycles. The van der Waals surface area contributed by atoms with Crippen molar-refractivity contribution in [3.05, 3.63) is 69.1 Å². The van der Waals surface area contributed by atoms with Crippen molar-refractivity contribution in [2.24, 2.45) is 0 Å². The van der Waals surface area contributed by atoms with Crippen LogP contribution >= 0.6 is 31.9 Å². The Bertz CT molecular complexity index is 1070. The molecule has 0 bridgehead atoms. The zero-order chi connectivity index (χ0) is 21.5. The van der Waals surface area contributed by atoms with Crippen molar-refractivity contribution in [1.82, 2.24) is 10.9 Å². The molecule has 0 aliphatic carbocycles. The van der Waals surface area contributed by atoms with Crippen molar-refractivity contribution in [3.63, 3.8) is 0 Å². The molecule has 0 heterocycles. The first-order valence-corrected chi connectivity index (χ1v) is 10.9. The van der Waals surface area contributed by atoms with E-state index in [4.69, 9.17) is 9.47 Å². The van der Waals surface area contributed by atoms with Gasteiger partial charge in [0.15, 0.2) is 6.61 Å². The lowest BCUT2D eigenvalue weighted by Gasteiger charge is -2.12. The summed E-state index contributed by atoms with van der Waals surface area (Å²) in [5.41, 5.74) is 5.11. The van der Waals surface area contributed by atoms with Gasteiger partial charge in [-0.15, -0.1) is 0 Å². The molecule has 156 valence electrons. The number of fused-ring (bicyclic) bond motifs is 1. The molecule has 2 amide bonds. The number of carbonyl (C=O) groups is 2. The van der Waals surface area contributed by atoms with Gasteiger partial charge in [0.1, 0.15) is 11.5 Å². The fraction of sp³-hybridized carbons (Fsp3) is 0.182. The second-order valence-corrected chi connectivity index (χ2v) is 8.12. The third kappa shape index (κ3) is 5.73. The maximum absolute atomic E-state index is 12.2. The Kier molecular flexibility index (Phi) is 7.70. The van der Waals surface area contributed by atoms with E-state index in [2.05, 4.69) is 42.7 Å². The molecule has 3 rings (SSSR count). The number of hydrogen-bond donors (Lipinski definition) is 2. The summed E-state index contributed by atoms with van der Waals surface area (Å²) in [5.74, 6) is 0.215. The van der Waals surface area contributed by atoms with Crippen LogP contribution in [0.25, 0.3) is 10.8 Å². The lowest BCUT2D eigenvalue weighted by Crippen LogP contribution is -2.43. The van der Waals surface area contributed by atoms with E-state index in [1.807, 2.05) is 31.2 Å². The fourth-order valence-corrected chi connectivity index (χ4v) is 3.67. The normalized spacial score (nSPS) is 10.5. The Morgan fingerprint density at radius 3 is 2.60 bits per heavy atom. The van der Waals surface area contributed by atoms with Crippen LogP contribution in [0.2, 0.25) is 0 Å². The van der Waals surface area contributed by atoms with Crippen LogP contribution < -0.4 is 20.3 Å². The zero-order valence-electron chi connectivity index (χ0n) is 16.2. The SMILES string of the molecule is CCCOc1cccc(C(=O)NNC(=O)COc2ccc3cc(Br)ccc3c2Br)c1. The van der Waals surface area contributed by atoms with Gasteiger partial charge in [0, 0.05) is 10.0 Å². The Morgan fingerprint density at radius 1 is 0.967 bits per heavy atom. The van der Waals surface area contributed by atoms with Crippen LogP contribution in [0, 0.1) is 0 Å². The fourth-order valence-electron chi connectivity index (χ4n) is 2.68. The Labute approximate surface area is 191 Å². The van der Waals surface area contributed by atoms with Crippen molar-refractivity contribution in [3.8, 4) is 11.5 Å². The second-order valence-electron chi connectivity index (χ2n) is 6.41. The molecule has 0 fully saturated rings. The Balaban J connectivity index is 1.54. The van der Waals surface area contributed by atoms with Crippen LogP contribution in [0.5, 0.6) is 11.5 Å². The van der Waals surface area contributed by atoms with Gasteiger partial charge in [0.25, 0.3) is 11.8 Å². The predicted octanol–water partition coefficient (Wildman–Crippen LogP) is 4.99. The van der Waals surface area contributed by atoms with Crippen molar-refractivity contribution in [2.45, 2.75) is 13.3 Å². The average molecular weight is 536 g/mol. The van der Waals surface area contributed by atoms with Crippen molar-refractivity contribution < 1.29 is 19.1 Å². The summed E-state index contributed by atoms with van der Waals surface area (Å²) < 4.78 is 12.8. The first-order valence-electron chi connectivity index (χ1n) is 9.30. The number of hydrazine groups is 1. The van der Waals surface area contributed by atoms with E-state index in [-0.39, 0.29) is 6.61 Å². The number of nitrogens with one attached hydrogen (secondary N) is 2. The van der Waals surface area contributed by atoms with E-state index < -0.39 is 11.8 Å². The lowest BCUT2D eigenvalue weighted by atomic mass is 10.1. The molecule has 6 nitrogen and oxygen atoms in total. The number of hydrogen-bond acceptors (Lipinski definition) is 4. The highest BCUT2D eigenvalue weighted by Gasteiger charge is 2.11. The second kappa shape index (κ2) is 10.4. The molecular weight excluding hydrogens is 516 g/mol. The van der Waals surface area contributed by atoms with Gasteiger partial charge in [0.05, 0.1) is 11.1 Å². The smallest absolute Gasteiger partial charge is 0.276 e. The van der Waals surface area contributed by atoms with Gasteiger partial charge in [-0.3, -0.25) is 20.4 Å². The number of halogens is 2. The first-order chi connectivity index (χ1) is 14.5. The van der Waals surface area contributed by atoms with E-state index >= 15 is 0 Å². The predicted molar refractivity (Wildman–Crippen MR) is 123 cm³/mol. The van der Waals surface area contributed by atoms with Crippen LogP contribution in [0.1, 0.15) is 23.7 Å². The molecular formula is C22H20Br2N2O4. The van der Waals surface area contributed by atoms with Crippen LogP contribution in [0.4, 0.5) is 0 Å². The third-order valence-corrected chi connectivity index (χ3v) is 5.44. The summed E-state index contributed by atoms with van der Waals surface area (Å²) >= 11 is 6.97. The van der Waals surface area contributed by atoms with Crippen LogP contribution in [-0.2, 0) is 4.79 Å². The Morgan fingerprint density at radius 2 is 1.80 bits per heavy atom. The van der Waals surface area contributed by atoms with Gasteiger partial charge in [-0.05, 0) is 69.5 Å². The number of ether oxygens (including phenoxy) is 2. The average Bonchev–Trinajstić information content (AvgIpc) is 2.75. The van der Waals surface area contributed by atoms with Crippen LogP contribution in [-0.4, -0.2) is 25.0 Å². The van der Waals surface area contributed by atoms with Crippen LogP contribution in [0.3, 0.4) is 0 Å². The van der Waals surface area contributed by atoms with E-state index in [0.717, 1.165) is 26.1 Å². The molecule has 0 aliphatic heterocycles. The number of rotatable bonds is 7. The zero-order valence-corrected chi connectivity index (χ0v) is 19.4. The van der Waals surface area contributed by atoms with E-state index in [1.165, 1.54) is 0 Å². The molecule has 2 N–H and O–H groups in total. The molecule has 0 atom stereocenters. The maximum atomic E-state index is 12.2. The number of amides is 2. The summed E-state index contributed by atoms with van der Waals surface area (Å²) in [7, 11) is 0. The molecule has 0 spiro atoms. The van der Waals surface area contributed by atoms with Crippen molar-refractivity contribution in [2.75, 3.05) is 13.2 Å². The molecule has 0 radical (unpaired) electrons. The molecule has 0 saturated heterocycles. The molecule has 0 aliphatic rings. The monoisotopic (exact) mass is 534 g/mol. The van der Waals surface area contributed by atoms with E-state index in [0.29, 0.717) is 23.7 Å². The minimum atomic E-state index is -0.482. The van der Waals surface area contributed by atoms with E-state index in [1.54, 1.807) is 30.3 Å². The van der Waals surface area contributed by atoms with Gasteiger partial charge in [-0.2, -0.15) is 0 Å². The van der Waals surface area contributed by atoms with Crippen molar-refractivity contribution >= 4 is 54.4 Å². The highest BCUT2D eigenvalue weighted by molar-refractivity contribution is 9.11. The molecule has 0 unspecified atom stereocenters. The largest absolute Gasteiger partial charge is 0.494 e. The highest BCUT2D eigenvalue weighted by Crippen LogP contribution is 2.34. The minimum absolute atomic E-state index is 0.249.